The fourth-order valence-electron chi connectivity index (χ4n) is 0.260. The van der Waals surface area contributed by atoms with Crippen LogP contribution in [-0.4, -0.2) is 25.3 Å². The van der Waals surface area contributed by atoms with Gasteiger partial charge in [-0.05, 0) is 5.10 Å². The summed E-state index contributed by atoms with van der Waals surface area (Å²) < 4.78 is 0.254. The zero-order valence-corrected chi connectivity index (χ0v) is 6.09. The van der Waals surface area contributed by atoms with E-state index >= 15 is 0 Å². The highest BCUT2D eigenvalue weighted by Gasteiger charge is 2.07. The van der Waals surface area contributed by atoms with Crippen LogP contribution >= 0.6 is 22.6 Å². The van der Waals surface area contributed by atoms with E-state index in [1.165, 1.54) is 0 Å². The molecule has 0 N–H and O–H groups in total. The van der Waals surface area contributed by atoms with E-state index in [9.17, 15) is 10.1 Å². The van der Waals surface area contributed by atoms with E-state index in [-0.39, 0.29) is 3.83 Å². The van der Waals surface area contributed by atoms with Gasteiger partial charge in [-0.1, -0.05) is 0 Å². The van der Waals surface area contributed by atoms with Gasteiger partial charge in [0.1, 0.15) is 5.21 Å². The predicted octanol–water partition coefficient (Wildman–Crippen LogP) is -0.683. The number of nitro groups is 1. The van der Waals surface area contributed by atoms with E-state index in [4.69, 9.17) is 0 Å². The molecule has 0 saturated carbocycles. The Hall–Kier alpha value is -0.800. The predicted molar refractivity (Wildman–Crippen MR) is 32.9 cm³/mol. The molecular formula is CIN5O2. The number of tetrazole rings is 1. The molecule has 1 aromatic heterocycles. The van der Waals surface area contributed by atoms with Crippen LogP contribution in [0.25, 0.3) is 0 Å². The number of rotatable bonds is 1. The zero-order valence-electron chi connectivity index (χ0n) is 3.93. The van der Waals surface area contributed by atoms with Crippen molar-refractivity contribution in [2.24, 2.45) is 0 Å². The largest absolute Gasteiger partial charge is 0.372 e. The highest BCUT2D eigenvalue weighted by Crippen LogP contribution is 1.88. The van der Waals surface area contributed by atoms with Crippen LogP contribution in [-0.2, 0) is 0 Å². The third kappa shape index (κ3) is 1.31. The Morgan fingerprint density at radius 3 is 2.67 bits per heavy atom. The minimum atomic E-state index is -0.769. The third-order valence-corrected chi connectivity index (χ3v) is 0.957. The molecule has 1 heterocycles. The van der Waals surface area contributed by atoms with Gasteiger partial charge in [0.25, 0.3) is 0 Å². The molecule has 0 bridgehead atoms. The number of aromatic nitrogens is 4. The Morgan fingerprint density at radius 2 is 2.44 bits per heavy atom. The van der Waals surface area contributed by atoms with Crippen LogP contribution in [0.5, 0.6) is 0 Å². The van der Waals surface area contributed by atoms with Crippen molar-refractivity contribution in [1.29, 1.82) is 0 Å². The molecule has 0 unspecified atom stereocenters. The first kappa shape index (κ1) is 6.32. The number of hydrogen-bond acceptors (Lipinski definition) is 5. The number of nitrogens with zero attached hydrogens (tertiary/aromatic N) is 5. The first-order valence-corrected chi connectivity index (χ1v) is 2.88. The highest BCUT2D eigenvalue weighted by molar-refractivity contribution is 14.1. The Morgan fingerprint density at radius 1 is 1.78 bits per heavy atom. The van der Waals surface area contributed by atoms with Crippen molar-refractivity contribution in [3.05, 3.63) is 13.9 Å². The summed E-state index contributed by atoms with van der Waals surface area (Å²) >= 11 is 1.72. The molecule has 1 aromatic rings. The summed E-state index contributed by atoms with van der Waals surface area (Å²) in [5.41, 5.74) is 0. The van der Waals surface area contributed by atoms with Crippen LogP contribution in [0.4, 0.5) is 0 Å². The first-order chi connectivity index (χ1) is 4.20. The van der Waals surface area contributed by atoms with E-state index < -0.39 is 5.03 Å². The Bertz CT molecular complexity index is 231. The lowest BCUT2D eigenvalue weighted by Crippen LogP contribution is -2.12. The van der Waals surface area contributed by atoms with Gasteiger partial charge in [0, 0.05) is 27.6 Å². The molecular weight excluding hydrogens is 241 g/mol. The molecule has 0 aliphatic heterocycles. The quantitative estimate of drug-likeness (QED) is 0.369. The first-order valence-electron chi connectivity index (χ1n) is 1.80. The van der Waals surface area contributed by atoms with Crippen molar-refractivity contribution < 1.29 is 5.03 Å². The van der Waals surface area contributed by atoms with Gasteiger partial charge >= 0.3 is 3.83 Å². The molecule has 8 heteroatoms. The van der Waals surface area contributed by atoms with Crippen LogP contribution in [0.15, 0.2) is 0 Å². The minimum absolute atomic E-state index is 0.254. The maximum atomic E-state index is 9.81. The topological polar surface area (TPSA) is 86.7 Å². The molecule has 0 saturated heterocycles. The molecule has 48 valence electrons. The van der Waals surface area contributed by atoms with E-state index in [0.29, 0.717) is 4.91 Å². The molecule has 1 rings (SSSR count). The van der Waals surface area contributed by atoms with Crippen LogP contribution in [0.3, 0.4) is 0 Å². The fraction of sp³-hybridized carbons (Fsp3) is 0. The summed E-state index contributed by atoms with van der Waals surface area (Å²) in [6.45, 7) is 0. The standard InChI is InChI=1S/CIN5O2/c2-1-3-5-6(4-1)7(8)9. The second-order valence-electron chi connectivity index (χ2n) is 1.06. The summed E-state index contributed by atoms with van der Waals surface area (Å²) in [4.78, 5) is 10.1. The lowest BCUT2D eigenvalue weighted by Gasteiger charge is -1.83. The lowest BCUT2D eigenvalue weighted by molar-refractivity contribution is -0.564. The van der Waals surface area contributed by atoms with E-state index in [0.717, 1.165) is 0 Å². The van der Waals surface area contributed by atoms with Gasteiger partial charge in [0.2, 0.25) is 0 Å². The van der Waals surface area contributed by atoms with Gasteiger partial charge in [-0.15, -0.1) is 0 Å². The second kappa shape index (κ2) is 2.21. The second-order valence-corrected chi connectivity index (χ2v) is 2.03. The fourth-order valence-corrected chi connectivity index (χ4v) is 0.549. The molecule has 0 atom stereocenters. The van der Waals surface area contributed by atoms with Gasteiger partial charge < -0.3 is 10.1 Å². The maximum Gasteiger partial charge on any atom is 0.329 e. The summed E-state index contributed by atoms with van der Waals surface area (Å²) in [7, 11) is 0. The molecule has 0 aromatic carbocycles. The third-order valence-electron chi connectivity index (χ3n) is 0.525. The van der Waals surface area contributed by atoms with Gasteiger partial charge in [-0.2, -0.15) is 0 Å². The lowest BCUT2D eigenvalue weighted by atomic mass is 11.4. The number of hydrogen-bond donors (Lipinski definition) is 0. The molecule has 7 nitrogen and oxygen atoms in total. The van der Waals surface area contributed by atoms with Gasteiger partial charge in [-0.25, -0.2) is 0 Å². The van der Waals surface area contributed by atoms with Crippen molar-refractivity contribution in [3.8, 4) is 0 Å². The smallest absolute Gasteiger partial charge is 0.329 e. The summed E-state index contributed by atoms with van der Waals surface area (Å²) in [5, 5.41) is 18.7. The van der Waals surface area contributed by atoms with Crippen LogP contribution in [0.2, 0.25) is 0 Å². The molecule has 0 aliphatic carbocycles. The minimum Gasteiger partial charge on any atom is -0.372 e. The summed E-state index contributed by atoms with van der Waals surface area (Å²) in [5.74, 6) is 0. The number of halogens is 1. The zero-order chi connectivity index (χ0) is 6.85. The summed E-state index contributed by atoms with van der Waals surface area (Å²) in [6.07, 6.45) is 0. The molecule has 0 radical (unpaired) electrons. The molecule has 0 aliphatic rings. The Labute approximate surface area is 62.3 Å². The van der Waals surface area contributed by atoms with Gasteiger partial charge in [-0.3, -0.25) is 0 Å². The normalized spacial score (nSPS) is 9.44. The molecule has 0 spiro atoms. The van der Waals surface area contributed by atoms with Gasteiger partial charge in [0.15, 0.2) is 4.91 Å². The average Bonchev–Trinajstić information content (AvgIpc) is 2.14. The van der Waals surface area contributed by atoms with Crippen molar-refractivity contribution >= 4 is 22.6 Å². The summed E-state index contributed by atoms with van der Waals surface area (Å²) in [6, 6.07) is 0. The highest BCUT2D eigenvalue weighted by atomic mass is 127. The van der Waals surface area contributed by atoms with E-state index in [1.54, 1.807) is 22.6 Å². The Balaban J connectivity index is 2.98. The van der Waals surface area contributed by atoms with E-state index in [1.807, 2.05) is 0 Å². The molecule has 0 amide bonds. The van der Waals surface area contributed by atoms with Crippen molar-refractivity contribution in [2.75, 3.05) is 0 Å². The molecule has 0 fully saturated rings. The maximum absolute atomic E-state index is 9.81. The van der Waals surface area contributed by atoms with Crippen LogP contribution in [0.1, 0.15) is 0 Å². The van der Waals surface area contributed by atoms with E-state index in [2.05, 4.69) is 15.4 Å². The van der Waals surface area contributed by atoms with Crippen molar-refractivity contribution in [3.63, 3.8) is 0 Å². The monoisotopic (exact) mass is 241 g/mol. The van der Waals surface area contributed by atoms with Crippen molar-refractivity contribution in [1.82, 2.24) is 20.3 Å². The Kier molecular flexibility index (Phi) is 1.55. The van der Waals surface area contributed by atoms with Gasteiger partial charge in [0.05, 0.1) is 5.10 Å². The molecule has 9 heavy (non-hydrogen) atoms. The SMILES string of the molecule is O=[N+]([O-])n1nnc(I)n1. The van der Waals surface area contributed by atoms with Crippen LogP contribution in [0, 0.1) is 13.9 Å². The average molecular weight is 241 g/mol. The van der Waals surface area contributed by atoms with Crippen molar-refractivity contribution in [2.45, 2.75) is 0 Å². The van der Waals surface area contributed by atoms with Crippen LogP contribution < -0.4 is 0 Å².